The molecule has 0 N–H and O–H groups in total. The standard InChI is InChI=1S/C47H39N7/c1-3-4-16-33(2)41-49-42(34-17-8-5-9-18-34)51-44(50-41)36-22-26-38(27-23-36)47(30-13-7-14-31-47)39-28-24-37(25-29-39)45-52-43(35-19-10-6-11-20-35)53-46(54-45)40-21-12-15-32-48-40/h3-6,8-12,15-29,32H,1-2,7,13-14,30-31H2/b16-4-. The molecule has 0 atom stereocenters. The second kappa shape index (κ2) is 15.5. The van der Waals surface area contributed by atoms with Gasteiger partial charge in [0.1, 0.15) is 5.69 Å². The molecule has 7 aromatic rings. The van der Waals surface area contributed by atoms with Crippen molar-refractivity contribution in [3.05, 3.63) is 182 Å². The third kappa shape index (κ3) is 7.17. The lowest BCUT2D eigenvalue weighted by molar-refractivity contribution is 0.346. The predicted molar refractivity (Wildman–Crippen MR) is 217 cm³/mol. The Labute approximate surface area is 316 Å². The molecule has 3 heterocycles. The molecule has 8 rings (SSSR count). The Morgan fingerprint density at radius 1 is 0.500 bits per heavy atom. The SMILES string of the molecule is C=C/C=C\C(=C)c1nc(-c2ccccc2)nc(-c2ccc(C3(c4ccc(-c5nc(-c6ccccc6)nc(-c6ccccn6)n5)cc4)CCCCC3)cc2)n1. The van der Waals surface area contributed by atoms with Crippen molar-refractivity contribution >= 4 is 5.57 Å². The van der Waals surface area contributed by atoms with Gasteiger partial charge in [-0.2, -0.15) is 0 Å². The largest absolute Gasteiger partial charge is 0.253 e. The molecule has 1 aliphatic rings. The van der Waals surface area contributed by atoms with E-state index in [0.717, 1.165) is 35.1 Å². The summed E-state index contributed by atoms with van der Waals surface area (Å²) in [6.45, 7) is 8.00. The highest BCUT2D eigenvalue weighted by atomic mass is 15.0. The van der Waals surface area contributed by atoms with Gasteiger partial charge in [0.05, 0.1) is 0 Å². The van der Waals surface area contributed by atoms with Gasteiger partial charge in [-0.25, -0.2) is 29.9 Å². The van der Waals surface area contributed by atoms with Crippen molar-refractivity contribution < 1.29 is 0 Å². The van der Waals surface area contributed by atoms with Gasteiger partial charge in [-0.05, 0) is 36.1 Å². The van der Waals surface area contributed by atoms with Crippen molar-refractivity contribution in [2.75, 3.05) is 0 Å². The van der Waals surface area contributed by atoms with Crippen molar-refractivity contribution in [3.63, 3.8) is 0 Å². The van der Waals surface area contributed by atoms with Crippen molar-refractivity contribution in [2.24, 2.45) is 0 Å². The van der Waals surface area contributed by atoms with Crippen LogP contribution in [-0.4, -0.2) is 34.9 Å². The number of benzene rings is 4. The van der Waals surface area contributed by atoms with E-state index in [0.29, 0.717) is 46.2 Å². The Hall–Kier alpha value is -6.73. The third-order valence-electron chi connectivity index (χ3n) is 10.0. The second-order valence-corrected chi connectivity index (χ2v) is 13.5. The number of nitrogens with zero attached hydrogens (tertiary/aromatic N) is 7. The average Bonchev–Trinajstić information content (AvgIpc) is 3.26. The van der Waals surface area contributed by atoms with Crippen LogP contribution >= 0.6 is 0 Å². The summed E-state index contributed by atoms with van der Waals surface area (Å²) in [4.78, 5) is 33.7. The number of hydrogen-bond donors (Lipinski definition) is 0. The summed E-state index contributed by atoms with van der Waals surface area (Å²) in [7, 11) is 0. The van der Waals surface area contributed by atoms with Crippen molar-refractivity contribution in [1.82, 2.24) is 34.9 Å². The molecule has 0 spiro atoms. The van der Waals surface area contributed by atoms with E-state index in [1.807, 2.05) is 91.0 Å². The van der Waals surface area contributed by atoms with Gasteiger partial charge in [-0.3, -0.25) is 4.98 Å². The van der Waals surface area contributed by atoms with E-state index >= 15 is 0 Å². The molecule has 54 heavy (non-hydrogen) atoms. The minimum absolute atomic E-state index is 0.119. The minimum atomic E-state index is -0.119. The predicted octanol–water partition coefficient (Wildman–Crippen LogP) is 10.8. The molecule has 4 aromatic carbocycles. The average molecular weight is 702 g/mol. The molecule has 1 saturated carbocycles. The quantitative estimate of drug-likeness (QED) is 0.131. The molecule has 0 unspecified atom stereocenters. The summed E-state index contributed by atoms with van der Waals surface area (Å²) >= 11 is 0. The van der Waals surface area contributed by atoms with Gasteiger partial charge in [0.2, 0.25) is 0 Å². The molecule has 1 fully saturated rings. The maximum atomic E-state index is 4.93. The topological polar surface area (TPSA) is 90.2 Å². The van der Waals surface area contributed by atoms with Gasteiger partial charge < -0.3 is 0 Å². The first-order valence-electron chi connectivity index (χ1n) is 18.3. The Morgan fingerprint density at radius 2 is 0.963 bits per heavy atom. The first-order valence-corrected chi connectivity index (χ1v) is 18.3. The molecular formula is C47H39N7. The monoisotopic (exact) mass is 701 g/mol. The summed E-state index contributed by atoms with van der Waals surface area (Å²) < 4.78 is 0. The normalized spacial score (nSPS) is 13.8. The second-order valence-electron chi connectivity index (χ2n) is 13.5. The Morgan fingerprint density at radius 3 is 1.44 bits per heavy atom. The molecule has 0 aliphatic heterocycles. The van der Waals surface area contributed by atoms with Gasteiger partial charge in [-0.1, -0.05) is 166 Å². The van der Waals surface area contributed by atoms with E-state index in [2.05, 4.69) is 66.7 Å². The number of aromatic nitrogens is 7. The molecule has 3 aromatic heterocycles. The zero-order chi connectivity index (χ0) is 36.7. The first kappa shape index (κ1) is 34.4. The Bertz CT molecular complexity index is 2360. The van der Waals surface area contributed by atoms with Gasteiger partial charge in [-0.15, -0.1) is 0 Å². The zero-order valence-electron chi connectivity index (χ0n) is 30.0. The Balaban J connectivity index is 1.14. The maximum Gasteiger partial charge on any atom is 0.182 e. The van der Waals surface area contributed by atoms with E-state index < -0.39 is 0 Å². The zero-order valence-corrected chi connectivity index (χ0v) is 30.0. The molecule has 7 nitrogen and oxygen atoms in total. The van der Waals surface area contributed by atoms with E-state index in [-0.39, 0.29) is 5.41 Å². The van der Waals surface area contributed by atoms with E-state index in [4.69, 9.17) is 29.9 Å². The van der Waals surface area contributed by atoms with Crippen LogP contribution in [0.2, 0.25) is 0 Å². The summed E-state index contributed by atoms with van der Waals surface area (Å²) in [6.07, 6.45) is 12.9. The van der Waals surface area contributed by atoms with Crippen molar-refractivity contribution in [3.8, 4) is 57.1 Å². The highest BCUT2D eigenvalue weighted by Gasteiger charge is 2.36. The lowest BCUT2D eigenvalue weighted by Gasteiger charge is -2.39. The molecule has 0 saturated heterocycles. The van der Waals surface area contributed by atoms with Crippen molar-refractivity contribution in [2.45, 2.75) is 37.5 Å². The molecule has 262 valence electrons. The maximum absolute atomic E-state index is 4.93. The lowest BCUT2D eigenvalue weighted by Crippen LogP contribution is -2.30. The highest BCUT2D eigenvalue weighted by molar-refractivity contribution is 5.71. The summed E-state index contributed by atoms with van der Waals surface area (Å²) in [5.41, 5.74) is 7.57. The number of hydrogen-bond acceptors (Lipinski definition) is 7. The molecule has 0 amide bonds. The first-order chi connectivity index (χ1) is 26.6. The van der Waals surface area contributed by atoms with Gasteiger partial charge in [0.25, 0.3) is 0 Å². The van der Waals surface area contributed by atoms with Crippen LogP contribution in [0.4, 0.5) is 0 Å². The van der Waals surface area contributed by atoms with Crippen LogP contribution in [-0.2, 0) is 5.41 Å². The summed E-state index contributed by atoms with van der Waals surface area (Å²) in [5, 5.41) is 0. The molecule has 0 bridgehead atoms. The number of rotatable bonds is 10. The van der Waals surface area contributed by atoms with Gasteiger partial charge in [0.15, 0.2) is 34.9 Å². The molecule has 0 radical (unpaired) electrons. The minimum Gasteiger partial charge on any atom is -0.253 e. The Kier molecular flexibility index (Phi) is 9.85. The van der Waals surface area contributed by atoms with E-state index in [1.165, 1.54) is 30.4 Å². The van der Waals surface area contributed by atoms with Crippen LogP contribution in [0.15, 0.2) is 165 Å². The fourth-order valence-electron chi connectivity index (χ4n) is 7.23. The molecule has 1 aliphatic carbocycles. The molecule has 7 heteroatoms. The fraction of sp³-hybridized carbons (Fsp3) is 0.128. The fourth-order valence-corrected chi connectivity index (χ4v) is 7.23. The van der Waals surface area contributed by atoms with Crippen LogP contribution < -0.4 is 0 Å². The van der Waals surface area contributed by atoms with Gasteiger partial charge >= 0.3 is 0 Å². The van der Waals surface area contributed by atoms with Crippen molar-refractivity contribution in [1.29, 1.82) is 0 Å². The van der Waals surface area contributed by atoms with E-state index in [1.54, 1.807) is 12.3 Å². The van der Waals surface area contributed by atoms with Crippen LogP contribution in [0, 0.1) is 0 Å². The van der Waals surface area contributed by atoms with Crippen LogP contribution in [0.3, 0.4) is 0 Å². The smallest absolute Gasteiger partial charge is 0.182 e. The molecular weight excluding hydrogens is 663 g/mol. The van der Waals surface area contributed by atoms with Crippen LogP contribution in [0.5, 0.6) is 0 Å². The van der Waals surface area contributed by atoms with E-state index in [9.17, 15) is 0 Å². The number of allylic oxidation sites excluding steroid dienone is 4. The third-order valence-corrected chi connectivity index (χ3v) is 10.0. The van der Waals surface area contributed by atoms with Gasteiger partial charge in [0, 0.05) is 39.4 Å². The summed E-state index contributed by atoms with van der Waals surface area (Å²) in [5.74, 6) is 3.54. The van der Waals surface area contributed by atoms with Crippen LogP contribution in [0.25, 0.3) is 62.6 Å². The summed E-state index contributed by atoms with van der Waals surface area (Å²) in [6, 6.07) is 43.4. The van der Waals surface area contributed by atoms with Crippen LogP contribution in [0.1, 0.15) is 49.1 Å². The highest BCUT2D eigenvalue weighted by Crippen LogP contribution is 2.45. The number of pyridine rings is 1. The lowest BCUT2D eigenvalue weighted by atomic mass is 9.65.